The second kappa shape index (κ2) is 5.23. The molecular formula is C12H8F3N3S. The van der Waals surface area contributed by atoms with Crippen LogP contribution in [-0.2, 0) is 0 Å². The molecule has 0 aliphatic heterocycles. The Morgan fingerprint density at radius 3 is 2.47 bits per heavy atom. The van der Waals surface area contributed by atoms with Gasteiger partial charge in [0, 0.05) is 18.3 Å². The van der Waals surface area contributed by atoms with Crippen molar-refractivity contribution in [3.8, 4) is 0 Å². The van der Waals surface area contributed by atoms with Crippen LogP contribution in [0.3, 0.4) is 0 Å². The number of pyridine rings is 1. The first-order valence-electron chi connectivity index (χ1n) is 5.15. The van der Waals surface area contributed by atoms with E-state index in [0.29, 0.717) is 17.8 Å². The van der Waals surface area contributed by atoms with E-state index in [1.54, 1.807) is 12.1 Å². The highest BCUT2D eigenvalue weighted by Crippen LogP contribution is 2.24. The first kappa shape index (κ1) is 13.3. The monoisotopic (exact) mass is 283 g/mol. The summed E-state index contributed by atoms with van der Waals surface area (Å²) < 4.78 is 39.4. The predicted octanol–water partition coefficient (Wildman–Crippen LogP) is 2.88. The number of nitrogens with zero attached hydrogens (tertiary/aromatic N) is 1. The Balaban J connectivity index is 2.42. The Labute approximate surface area is 112 Å². The molecule has 0 atom stereocenters. The topological polar surface area (TPSA) is 50.9 Å². The number of benzene rings is 1. The lowest BCUT2D eigenvalue weighted by atomic mass is 10.2. The average Bonchev–Trinajstić information content (AvgIpc) is 2.36. The van der Waals surface area contributed by atoms with Crippen molar-refractivity contribution in [2.24, 2.45) is 5.73 Å². The SMILES string of the molecule is NC(=S)c1ncccc1Nc1cc(F)c(F)cc1F. The van der Waals surface area contributed by atoms with E-state index in [2.05, 4.69) is 10.3 Å². The van der Waals surface area contributed by atoms with Crippen LogP contribution in [0, 0.1) is 17.5 Å². The largest absolute Gasteiger partial charge is 0.388 e. The molecule has 0 fully saturated rings. The average molecular weight is 283 g/mol. The van der Waals surface area contributed by atoms with E-state index in [4.69, 9.17) is 18.0 Å². The number of anilines is 2. The fraction of sp³-hybridized carbons (Fsp3) is 0. The van der Waals surface area contributed by atoms with Crippen molar-refractivity contribution >= 4 is 28.6 Å². The van der Waals surface area contributed by atoms with E-state index in [-0.39, 0.29) is 16.4 Å². The van der Waals surface area contributed by atoms with Gasteiger partial charge in [-0.25, -0.2) is 13.2 Å². The molecule has 19 heavy (non-hydrogen) atoms. The van der Waals surface area contributed by atoms with Gasteiger partial charge < -0.3 is 11.1 Å². The molecule has 1 aromatic heterocycles. The summed E-state index contributed by atoms with van der Waals surface area (Å²) >= 11 is 4.79. The zero-order valence-corrected chi connectivity index (χ0v) is 10.3. The Kier molecular flexibility index (Phi) is 3.66. The van der Waals surface area contributed by atoms with Crippen molar-refractivity contribution in [1.29, 1.82) is 0 Å². The quantitative estimate of drug-likeness (QED) is 0.672. The molecule has 0 aliphatic rings. The summed E-state index contributed by atoms with van der Waals surface area (Å²) in [6.07, 6.45) is 1.46. The molecule has 0 bridgehead atoms. The number of nitrogens with two attached hydrogens (primary N) is 1. The van der Waals surface area contributed by atoms with Gasteiger partial charge in [-0.3, -0.25) is 4.98 Å². The molecule has 98 valence electrons. The summed E-state index contributed by atoms with van der Waals surface area (Å²) in [5, 5.41) is 2.58. The highest BCUT2D eigenvalue weighted by molar-refractivity contribution is 7.80. The fourth-order valence-corrected chi connectivity index (χ4v) is 1.63. The van der Waals surface area contributed by atoms with E-state index in [9.17, 15) is 13.2 Å². The van der Waals surface area contributed by atoms with Gasteiger partial charge in [-0.1, -0.05) is 12.2 Å². The third-order valence-electron chi connectivity index (χ3n) is 2.32. The molecule has 0 saturated heterocycles. The summed E-state index contributed by atoms with van der Waals surface area (Å²) in [5.74, 6) is -3.36. The van der Waals surface area contributed by atoms with Crippen LogP contribution in [0.2, 0.25) is 0 Å². The third-order valence-corrected chi connectivity index (χ3v) is 2.51. The van der Waals surface area contributed by atoms with Crippen molar-refractivity contribution in [1.82, 2.24) is 4.98 Å². The lowest BCUT2D eigenvalue weighted by Crippen LogP contribution is -2.14. The lowest BCUT2D eigenvalue weighted by molar-refractivity contribution is 0.496. The van der Waals surface area contributed by atoms with Crippen molar-refractivity contribution in [2.45, 2.75) is 0 Å². The van der Waals surface area contributed by atoms with Crippen molar-refractivity contribution in [3.63, 3.8) is 0 Å². The summed E-state index contributed by atoms with van der Waals surface area (Å²) in [6, 6.07) is 4.28. The normalized spacial score (nSPS) is 10.3. The highest BCUT2D eigenvalue weighted by atomic mass is 32.1. The van der Waals surface area contributed by atoms with Crippen LogP contribution in [0.25, 0.3) is 0 Å². The summed E-state index contributed by atoms with van der Waals surface area (Å²) in [5.41, 5.74) is 5.77. The number of aromatic nitrogens is 1. The Morgan fingerprint density at radius 2 is 1.79 bits per heavy atom. The highest BCUT2D eigenvalue weighted by Gasteiger charge is 2.12. The maximum absolute atomic E-state index is 13.5. The van der Waals surface area contributed by atoms with Crippen LogP contribution in [-0.4, -0.2) is 9.97 Å². The molecule has 2 rings (SSSR count). The van der Waals surface area contributed by atoms with Gasteiger partial charge in [-0.05, 0) is 12.1 Å². The molecule has 0 saturated carbocycles. The molecule has 3 N–H and O–H groups in total. The zero-order chi connectivity index (χ0) is 14.0. The molecule has 0 unspecified atom stereocenters. The van der Waals surface area contributed by atoms with Gasteiger partial charge >= 0.3 is 0 Å². The lowest BCUT2D eigenvalue weighted by Gasteiger charge is -2.11. The first-order chi connectivity index (χ1) is 8.99. The van der Waals surface area contributed by atoms with Crippen LogP contribution < -0.4 is 11.1 Å². The predicted molar refractivity (Wildman–Crippen MR) is 69.7 cm³/mol. The van der Waals surface area contributed by atoms with E-state index < -0.39 is 17.5 Å². The summed E-state index contributed by atoms with van der Waals surface area (Å²) in [4.78, 5) is 3.93. The molecular weight excluding hydrogens is 275 g/mol. The molecule has 1 aromatic carbocycles. The standard InChI is InChI=1S/C12H8F3N3S/c13-6-4-8(15)10(5-7(6)14)18-9-2-1-3-17-11(9)12(16)19/h1-5,18H,(H2,16,19). The number of rotatable bonds is 3. The van der Waals surface area contributed by atoms with E-state index in [0.717, 1.165) is 0 Å². The number of hydrogen-bond donors (Lipinski definition) is 2. The minimum Gasteiger partial charge on any atom is -0.388 e. The van der Waals surface area contributed by atoms with Gasteiger partial charge in [0.1, 0.15) is 16.5 Å². The van der Waals surface area contributed by atoms with Gasteiger partial charge in [0.2, 0.25) is 0 Å². The smallest absolute Gasteiger partial charge is 0.161 e. The molecule has 0 aliphatic carbocycles. The van der Waals surface area contributed by atoms with E-state index in [1.165, 1.54) is 6.20 Å². The third kappa shape index (κ3) is 2.82. The van der Waals surface area contributed by atoms with Crippen molar-refractivity contribution < 1.29 is 13.2 Å². The van der Waals surface area contributed by atoms with Gasteiger partial charge in [-0.2, -0.15) is 0 Å². The van der Waals surface area contributed by atoms with Gasteiger partial charge in [0.15, 0.2) is 11.6 Å². The number of halogens is 3. The maximum Gasteiger partial charge on any atom is 0.161 e. The summed E-state index contributed by atoms with van der Waals surface area (Å²) in [6.45, 7) is 0. The van der Waals surface area contributed by atoms with Crippen LogP contribution in [0.1, 0.15) is 5.69 Å². The van der Waals surface area contributed by atoms with Gasteiger partial charge in [0.25, 0.3) is 0 Å². The van der Waals surface area contributed by atoms with E-state index >= 15 is 0 Å². The van der Waals surface area contributed by atoms with Crippen LogP contribution in [0.15, 0.2) is 30.5 Å². The molecule has 2 aromatic rings. The zero-order valence-electron chi connectivity index (χ0n) is 9.45. The second-order valence-electron chi connectivity index (χ2n) is 3.63. The molecule has 0 radical (unpaired) electrons. The second-order valence-corrected chi connectivity index (χ2v) is 4.07. The van der Waals surface area contributed by atoms with Crippen molar-refractivity contribution in [2.75, 3.05) is 5.32 Å². The van der Waals surface area contributed by atoms with Crippen molar-refractivity contribution in [3.05, 3.63) is 53.6 Å². The van der Waals surface area contributed by atoms with Gasteiger partial charge in [-0.15, -0.1) is 0 Å². The minimum absolute atomic E-state index is 0.00564. The van der Waals surface area contributed by atoms with Crippen LogP contribution in [0.5, 0.6) is 0 Å². The fourth-order valence-electron chi connectivity index (χ4n) is 1.47. The minimum atomic E-state index is -1.26. The Hall–Kier alpha value is -2.15. The van der Waals surface area contributed by atoms with Crippen LogP contribution >= 0.6 is 12.2 Å². The van der Waals surface area contributed by atoms with Gasteiger partial charge in [0.05, 0.1) is 11.4 Å². The summed E-state index contributed by atoms with van der Waals surface area (Å²) in [7, 11) is 0. The molecule has 1 heterocycles. The number of nitrogens with one attached hydrogen (secondary N) is 1. The van der Waals surface area contributed by atoms with E-state index in [1.807, 2.05) is 0 Å². The Bertz CT molecular complexity index is 646. The first-order valence-corrected chi connectivity index (χ1v) is 5.56. The molecule has 3 nitrogen and oxygen atoms in total. The number of thiocarbonyl (C=S) groups is 1. The Morgan fingerprint density at radius 1 is 1.11 bits per heavy atom. The number of hydrogen-bond acceptors (Lipinski definition) is 3. The molecule has 0 amide bonds. The van der Waals surface area contributed by atoms with Crippen LogP contribution in [0.4, 0.5) is 24.5 Å². The maximum atomic E-state index is 13.5. The molecule has 7 heteroatoms. The molecule has 0 spiro atoms.